The summed E-state index contributed by atoms with van der Waals surface area (Å²) in [7, 11) is 0. The number of carbonyl (C=O) groups is 2. The Morgan fingerprint density at radius 2 is 2.24 bits per heavy atom. The molecule has 2 unspecified atom stereocenters. The minimum absolute atomic E-state index is 0.0922. The Balaban J connectivity index is 2.06. The summed E-state index contributed by atoms with van der Waals surface area (Å²) in [4.78, 5) is 24.3. The van der Waals surface area contributed by atoms with Crippen LogP contribution < -0.4 is 5.32 Å². The highest BCUT2D eigenvalue weighted by molar-refractivity contribution is 5.76. The van der Waals surface area contributed by atoms with Crippen LogP contribution in [-0.2, 0) is 4.79 Å². The van der Waals surface area contributed by atoms with Gasteiger partial charge in [0.05, 0.1) is 12.5 Å². The molecule has 0 radical (unpaired) electrons. The molecule has 1 fully saturated rings. The van der Waals surface area contributed by atoms with E-state index in [1.54, 1.807) is 11.0 Å². The Morgan fingerprint density at radius 3 is 2.90 bits per heavy atom. The molecular weight excluding hydrogens is 275 g/mol. The van der Waals surface area contributed by atoms with Gasteiger partial charge in [0.2, 0.25) is 0 Å². The van der Waals surface area contributed by atoms with Gasteiger partial charge in [0.15, 0.2) is 0 Å². The molecule has 0 saturated carbocycles. The summed E-state index contributed by atoms with van der Waals surface area (Å²) in [6.07, 6.45) is 0.662. The van der Waals surface area contributed by atoms with E-state index in [1.165, 1.54) is 12.1 Å². The third-order valence-corrected chi connectivity index (χ3v) is 3.62. The lowest BCUT2D eigenvalue weighted by Crippen LogP contribution is -2.40. The molecule has 2 N–H and O–H groups in total. The first kappa shape index (κ1) is 15.3. The van der Waals surface area contributed by atoms with E-state index in [0.717, 1.165) is 12.0 Å². The van der Waals surface area contributed by atoms with Gasteiger partial charge in [-0.1, -0.05) is 19.1 Å². The zero-order valence-corrected chi connectivity index (χ0v) is 11.9. The molecule has 0 spiro atoms. The number of aliphatic carboxylic acids is 1. The fourth-order valence-corrected chi connectivity index (χ4v) is 2.68. The minimum Gasteiger partial charge on any atom is -0.481 e. The molecule has 0 aliphatic carbocycles. The molecule has 1 aliphatic rings. The minimum atomic E-state index is -0.952. The standard InChI is InChI=1S/C15H19FN2O3/c1-10-7-13(11-3-2-4-12(16)8-11)18(9-10)15(21)17-6-5-14(19)20/h2-4,8,10,13H,5-7,9H2,1H3,(H,17,21)(H,19,20). The molecule has 0 bridgehead atoms. The van der Waals surface area contributed by atoms with Crippen molar-refractivity contribution >= 4 is 12.0 Å². The molecule has 1 aromatic carbocycles. The van der Waals surface area contributed by atoms with Gasteiger partial charge in [-0.05, 0) is 30.0 Å². The summed E-state index contributed by atoms with van der Waals surface area (Å²) < 4.78 is 13.4. The van der Waals surface area contributed by atoms with Crippen LogP contribution in [0, 0.1) is 11.7 Å². The van der Waals surface area contributed by atoms with Crippen molar-refractivity contribution in [3.8, 4) is 0 Å². The van der Waals surface area contributed by atoms with Crippen molar-refractivity contribution < 1.29 is 19.1 Å². The Labute approximate surface area is 122 Å². The number of amides is 2. The average Bonchev–Trinajstić information content (AvgIpc) is 2.80. The van der Waals surface area contributed by atoms with E-state index in [1.807, 2.05) is 13.0 Å². The molecule has 2 rings (SSSR count). The molecule has 0 aromatic heterocycles. The molecule has 5 nitrogen and oxygen atoms in total. The number of halogens is 1. The predicted molar refractivity (Wildman–Crippen MR) is 75.3 cm³/mol. The lowest BCUT2D eigenvalue weighted by molar-refractivity contribution is -0.136. The van der Waals surface area contributed by atoms with E-state index >= 15 is 0 Å². The number of nitrogens with one attached hydrogen (secondary N) is 1. The van der Waals surface area contributed by atoms with Crippen LogP contribution in [0.2, 0.25) is 0 Å². The average molecular weight is 294 g/mol. The summed E-state index contributed by atoms with van der Waals surface area (Å²) in [5.74, 6) is -0.950. The normalized spacial score (nSPS) is 21.3. The van der Waals surface area contributed by atoms with E-state index < -0.39 is 5.97 Å². The SMILES string of the molecule is CC1CC(c2cccc(F)c2)N(C(=O)NCCC(=O)O)C1. The van der Waals surface area contributed by atoms with E-state index in [2.05, 4.69) is 5.32 Å². The molecular formula is C15H19FN2O3. The van der Waals surface area contributed by atoms with Crippen LogP contribution in [0.15, 0.2) is 24.3 Å². The molecule has 1 heterocycles. The number of rotatable bonds is 4. The number of carboxylic acid groups (broad SMARTS) is 1. The first-order valence-corrected chi connectivity index (χ1v) is 6.99. The second kappa shape index (κ2) is 6.56. The van der Waals surface area contributed by atoms with Crippen molar-refractivity contribution in [1.82, 2.24) is 10.2 Å². The van der Waals surface area contributed by atoms with Crippen molar-refractivity contribution in [2.45, 2.75) is 25.8 Å². The second-order valence-electron chi connectivity index (χ2n) is 5.44. The Kier molecular flexibility index (Phi) is 4.77. The van der Waals surface area contributed by atoms with E-state index in [0.29, 0.717) is 12.5 Å². The number of hydrogen-bond acceptors (Lipinski definition) is 2. The van der Waals surface area contributed by atoms with Gasteiger partial charge in [-0.25, -0.2) is 9.18 Å². The zero-order chi connectivity index (χ0) is 15.4. The van der Waals surface area contributed by atoms with Crippen LogP contribution in [0.25, 0.3) is 0 Å². The van der Waals surface area contributed by atoms with Crippen LogP contribution in [0.3, 0.4) is 0 Å². The van der Waals surface area contributed by atoms with Crippen LogP contribution in [0.5, 0.6) is 0 Å². The van der Waals surface area contributed by atoms with Crippen molar-refractivity contribution in [1.29, 1.82) is 0 Å². The lowest BCUT2D eigenvalue weighted by Gasteiger charge is -2.25. The zero-order valence-electron chi connectivity index (χ0n) is 11.9. The quantitative estimate of drug-likeness (QED) is 0.896. The van der Waals surface area contributed by atoms with E-state index in [4.69, 9.17) is 5.11 Å². The number of urea groups is 1. The highest BCUT2D eigenvalue weighted by atomic mass is 19.1. The smallest absolute Gasteiger partial charge is 0.317 e. The number of likely N-dealkylation sites (tertiary alicyclic amines) is 1. The maximum absolute atomic E-state index is 13.4. The van der Waals surface area contributed by atoms with Crippen molar-refractivity contribution in [2.75, 3.05) is 13.1 Å². The monoisotopic (exact) mass is 294 g/mol. The van der Waals surface area contributed by atoms with Gasteiger partial charge in [-0.15, -0.1) is 0 Å². The van der Waals surface area contributed by atoms with E-state index in [-0.39, 0.29) is 30.9 Å². The fraction of sp³-hybridized carbons (Fsp3) is 0.467. The second-order valence-corrected chi connectivity index (χ2v) is 5.44. The highest BCUT2D eigenvalue weighted by Gasteiger charge is 2.34. The maximum Gasteiger partial charge on any atom is 0.317 e. The van der Waals surface area contributed by atoms with Gasteiger partial charge in [-0.3, -0.25) is 4.79 Å². The molecule has 2 atom stereocenters. The van der Waals surface area contributed by atoms with E-state index in [9.17, 15) is 14.0 Å². The third kappa shape index (κ3) is 3.93. The molecule has 2 amide bonds. The van der Waals surface area contributed by atoms with Gasteiger partial charge in [0.1, 0.15) is 5.82 Å². The first-order valence-electron chi connectivity index (χ1n) is 6.99. The molecule has 6 heteroatoms. The maximum atomic E-state index is 13.4. The number of carboxylic acids is 1. The van der Waals surface area contributed by atoms with Crippen molar-refractivity contribution in [2.24, 2.45) is 5.92 Å². The highest BCUT2D eigenvalue weighted by Crippen LogP contribution is 2.35. The summed E-state index contributed by atoms with van der Waals surface area (Å²) >= 11 is 0. The van der Waals surface area contributed by atoms with Crippen molar-refractivity contribution in [3.05, 3.63) is 35.6 Å². The number of carbonyl (C=O) groups excluding carboxylic acids is 1. The number of nitrogens with zero attached hydrogens (tertiary/aromatic N) is 1. The molecule has 21 heavy (non-hydrogen) atoms. The van der Waals surface area contributed by atoms with Gasteiger partial charge in [0.25, 0.3) is 0 Å². The Morgan fingerprint density at radius 1 is 1.48 bits per heavy atom. The van der Waals surface area contributed by atoms with Gasteiger partial charge in [-0.2, -0.15) is 0 Å². The summed E-state index contributed by atoms with van der Waals surface area (Å²) in [5, 5.41) is 11.2. The largest absolute Gasteiger partial charge is 0.481 e. The van der Waals surface area contributed by atoms with Crippen LogP contribution in [-0.4, -0.2) is 35.1 Å². The summed E-state index contributed by atoms with van der Waals surface area (Å²) in [6.45, 7) is 2.71. The Bertz CT molecular complexity index is 535. The first-order chi connectivity index (χ1) is 9.97. The summed E-state index contributed by atoms with van der Waals surface area (Å²) in [5.41, 5.74) is 0.771. The lowest BCUT2D eigenvalue weighted by atomic mass is 10.0. The predicted octanol–water partition coefficient (Wildman–Crippen LogP) is 2.39. The van der Waals surface area contributed by atoms with Crippen LogP contribution in [0.1, 0.15) is 31.4 Å². The molecule has 1 aromatic rings. The molecule has 114 valence electrons. The van der Waals surface area contributed by atoms with Gasteiger partial charge in [0, 0.05) is 13.1 Å². The van der Waals surface area contributed by atoms with Gasteiger partial charge >= 0.3 is 12.0 Å². The number of benzene rings is 1. The topological polar surface area (TPSA) is 69.6 Å². The third-order valence-electron chi connectivity index (χ3n) is 3.62. The van der Waals surface area contributed by atoms with Crippen molar-refractivity contribution in [3.63, 3.8) is 0 Å². The number of hydrogen-bond donors (Lipinski definition) is 2. The Hall–Kier alpha value is -2.11. The molecule has 1 aliphatic heterocycles. The van der Waals surface area contributed by atoms with Gasteiger partial charge < -0.3 is 15.3 Å². The van der Waals surface area contributed by atoms with Crippen LogP contribution >= 0.6 is 0 Å². The van der Waals surface area contributed by atoms with Crippen LogP contribution in [0.4, 0.5) is 9.18 Å². The fourth-order valence-electron chi connectivity index (χ4n) is 2.68. The molecule has 1 saturated heterocycles. The summed E-state index contributed by atoms with van der Waals surface area (Å²) in [6, 6.07) is 5.80.